The van der Waals surface area contributed by atoms with E-state index < -0.39 is 0 Å². The molecule has 0 spiro atoms. The number of hydrogen-bond acceptors (Lipinski definition) is 5. The maximum atomic E-state index is 5.80. The summed E-state index contributed by atoms with van der Waals surface area (Å²) in [7, 11) is 1.65. The molecule has 5 nitrogen and oxygen atoms in total. The Bertz CT molecular complexity index is 631. The molecule has 0 atom stereocenters. The average Bonchev–Trinajstić information content (AvgIpc) is 2.69. The van der Waals surface area contributed by atoms with E-state index in [0.29, 0.717) is 19.0 Å². The van der Waals surface area contributed by atoms with Crippen LogP contribution in [0.25, 0.3) is 0 Å². The van der Waals surface area contributed by atoms with E-state index in [1.165, 1.54) is 5.56 Å². The zero-order valence-corrected chi connectivity index (χ0v) is 12.4. The minimum absolute atomic E-state index is 0.426. The molecule has 2 aromatic rings. The van der Waals surface area contributed by atoms with Crippen LogP contribution >= 0.6 is 0 Å². The van der Waals surface area contributed by atoms with Gasteiger partial charge in [-0.3, -0.25) is 0 Å². The van der Waals surface area contributed by atoms with E-state index in [-0.39, 0.29) is 0 Å². The van der Waals surface area contributed by atoms with E-state index >= 15 is 0 Å². The first-order valence-electron chi connectivity index (χ1n) is 7.05. The van der Waals surface area contributed by atoms with Crippen LogP contribution in [0.4, 0.5) is 5.82 Å². The molecule has 0 amide bonds. The number of fused-ring (bicyclic) bond motifs is 1. The fraction of sp³-hybridized carbons (Fsp3) is 0.375. The van der Waals surface area contributed by atoms with Gasteiger partial charge in [-0.25, -0.2) is 9.97 Å². The summed E-state index contributed by atoms with van der Waals surface area (Å²) in [6, 6.07) is 10.2. The van der Waals surface area contributed by atoms with Crippen molar-refractivity contribution in [2.45, 2.75) is 20.1 Å². The SMILES string of the molecule is COCc1nc(C)cc(N2CCOc3ccccc3C2)n1. The van der Waals surface area contributed by atoms with Crippen molar-refractivity contribution in [3.63, 3.8) is 0 Å². The summed E-state index contributed by atoms with van der Waals surface area (Å²) in [5, 5.41) is 0. The average molecular weight is 285 g/mol. The van der Waals surface area contributed by atoms with Crippen molar-refractivity contribution >= 4 is 5.82 Å². The standard InChI is InChI=1S/C16H19N3O2/c1-12-9-16(18-15(17-12)11-20-2)19-7-8-21-14-6-4-3-5-13(14)10-19/h3-6,9H,7-8,10-11H2,1-2H3. The van der Waals surface area contributed by atoms with Crippen molar-refractivity contribution in [1.82, 2.24) is 9.97 Å². The van der Waals surface area contributed by atoms with E-state index in [1.54, 1.807) is 7.11 Å². The van der Waals surface area contributed by atoms with Gasteiger partial charge in [0.05, 0.1) is 6.54 Å². The highest BCUT2D eigenvalue weighted by molar-refractivity contribution is 5.44. The zero-order valence-electron chi connectivity index (χ0n) is 12.4. The number of hydrogen-bond donors (Lipinski definition) is 0. The molecule has 1 aromatic carbocycles. The molecule has 0 fully saturated rings. The molecular formula is C16H19N3O2. The van der Waals surface area contributed by atoms with Crippen molar-refractivity contribution in [3.05, 3.63) is 47.4 Å². The monoisotopic (exact) mass is 285 g/mol. The Labute approximate surface area is 124 Å². The molecule has 0 radical (unpaired) electrons. The van der Waals surface area contributed by atoms with Crippen LogP contribution in [0.2, 0.25) is 0 Å². The van der Waals surface area contributed by atoms with Gasteiger partial charge in [0.15, 0.2) is 5.82 Å². The maximum Gasteiger partial charge on any atom is 0.156 e. The fourth-order valence-corrected chi connectivity index (χ4v) is 2.49. The van der Waals surface area contributed by atoms with Gasteiger partial charge in [0, 0.05) is 31.0 Å². The number of benzene rings is 1. The van der Waals surface area contributed by atoms with Crippen LogP contribution in [-0.2, 0) is 17.9 Å². The van der Waals surface area contributed by atoms with E-state index in [9.17, 15) is 0 Å². The van der Waals surface area contributed by atoms with Gasteiger partial charge < -0.3 is 14.4 Å². The summed E-state index contributed by atoms with van der Waals surface area (Å²) >= 11 is 0. The Balaban J connectivity index is 1.90. The topological polar surface area (TPSA) is 47.5 Å². The van der Waals surface area contributed by atoms with Gasteiger partial charge in [-0.2, -0.15) is 0 Å². The Kier molecular flexibility index (Phi) is 4.01. The third-order valence-corrected chi connectivity index (χ3v) is 3.44. The van der Waals surface area contributed by atoms with E-state index in [1.807, 2.05) is 31.2 Å². The van der Waals surface area contributed by atoms with Crippen LogP contribution < -0.4 is 9.64 Å². The van der Waals surface area contributed by atoms with Gasteiger partial charge in [0.2, 0.25) is 0 Å². The molecule has 0 unspecified atom stereocenters. The van der Waals surface area contributed by atoms with Crippen LogP contribution in [0, 0.1) is 6.92 Å². The smallest absolute Gasteiger partial charge is 0.156 e. The first-order valence-corrected chi connectivity index (χ1v) is 7.05. The predicted octanol–water partition coefficient (Wildman–Crippen LogP) is 2.33. The fourth-order valence-electron chi connectivity index (χ4n) is 2.49. The number of para-hydroxylation sites is 1. The molecule has 5 heteroatoms. The Morgan fingerprint density at radius 3 is 3.00 bits per heavy atom. The predicted molar refractivity (Wildman–Crippen MR) is 80.5 cm³/mol. The number of anilines is 1. The molecule has 110 valence electrons. The van der Waals surface area contributed by atoms with Gasteiger partial charge in [0.1, 0.15) is 24.8 Å². The molecule has 2 heterocycles. The summed E-state index contributed by atoms with van der Waals surface area (Å²) in [4.78, 5) is 11.2. The summed E-state index contributed by atoms with van der Waals surface area (Å²) in [5.74, 6) is 2.60. The number of aromatic nitrogens is 2. The van der Waals surface area contributed by atoms with Crippen molar-refractivity contribution in [2.24, 2.45) is 0 Å². The number of ether oxygens (including phenoxy) is 2. The largest absolute Gasteiger partial charge is 0.491 e. The summed E-state index contributed by atoms with van der Waals surface area (Å²) < 4.78 is 10.9. The van der Waals surface area contributed by atoms with E-state index in [2.05, 4.69) is 20.9 Å². The molecule has 0 bridgehead atoms. The normalized spacial score (nSPS) is 14.3. The molecule has 1 aromatic heterocycles. The minimum Gasteiger partial charge on any atom is -0.491 e. The highest BCUT2D eigenvalue weighted by Crippen LogP contribution is 2.25. The quantitative estimate of drug-likeness (QED) is 0.866. The van der Waals surface area contributed by atoms with E-state index in [0.717, 1.165) is 30.4 Å². The Hall–Kier alpha value is -2.14. The van der Waals surface area contributed by atoms with Crippen molar-refractivity contribution in [1.29, 1.82) is 0 Å². The number of aryl methyl sites for hydroxylation is 1. The molecule has 0 N–H and O–H groups in total. The van der Waals surface area contributed by atoms with Crippen LogP contribution in [0.5, 0.6) is 5.75 Å². The number of nitrogens with zero attached hydrogens (tertiary/aromatic N) is 3. The maximum absolute atomic E-state index is 5.80. The number of rotatable bonds is 3. The van der Waals surface area contributed by atoms with E-state index in [4.69, 9.17) is 9.47 Å². The summed E-state index contributed by atoms with van der Waals surface area (Å²) in [5.41, 5.74) is 2.13. The lowest BCUT2D eigenvalue weighted by molar-refractivity contribution is 0.177. The first-order chi connectivity index (χ1) is 10.3. The molecule has 0 saturated heterocycles. The molecule has 1 aliphatic heterocycles. The van der Waals surface area contributed by atoms with Gasteiger partial charge in [-0.1, -0.05) is 18.2 Å². The highest BCUT2D eigenvalue weighted by Gasteiger charge is 2.17. The zero-order chi connectivity index (χ0) is 14.7. The van der Waals surface area contributed by atoms with Crippen LogP contribution in [0.15, 0.2) is 30.3 Å². The third-order valence-electron chi connectivity index (χ3n) is 3.44. The summed E-state index contributed by atoms with van der Waals surface area (Å²) in [6.45, 7) is 4.65. The molecule has 1 aliphatic rings. The lowest BCUT2D eigenvalue weighted by Crippen LogP contribution is -2.26. The van der Waals surface area contributed by atoms with Crippen LogP contribution in [0.1, 0.15) is 17.1 Å². The second kappa shape index (κ2) is 6.10. The van der Waals surface area contributed by atoms with Crippen LogP contribution in [-0.4, -0.2) is 30.2 Å². The molecule has 21 heavy (non-hydrogen) atoms. The van der Waals surface area contributed by atoms with Gasteiger partial charge in [-0.15, -0.1) is 0 Å². The number of methoxy groups -OCH3 is 1. The second-order valence-electron chi connectivity index (χ2n) is 5.09. The van der Waals surface area contributed by atoms with Crippen LogP contribution in [0.3, 0.4) is 0 Å². The lowest BCUT2D eigenvalue weighted by Gasteiger charge is -2.21. The van der Waals surface area contributed by atoms with Gasteiger partial charge in [-0.05, 0) is 13.0 Å². The van der Waals surface area contributed by atoms with Gasteiger partial charge >= 0.3 is 0 Å². The molecule has 0 aliphatic carbocycles. The first kappa shape index (κ1) is 13.8. The Morgan fingerprint density at radius 2 is 2.14 bits per heavy atom. The Morgan fingerprint density at radius 1 is 1.29 bits per heavy atom. The third kappa shape index (κ3) is 3.13. The highest BCUT2D eigenvalue weighted by atomic mass is 16.5. The van der Waals surface area contributed by atoms with Crippen molar-refractivity contribution < 1.29 is 9.47 Å². The lowest BCUT2D eigenvalue weighted by atomic mass is 10.2. The second-order valence-corrected chi connectivity index (χ2v) is 5.09. The molecule has 3 rings (SSSR count). The minimum atomic E-state index is 0.426. The molecular weight excluding hydrogens is 266 g/mol. The van der Waals surface area contributed by atoms with Crippen molar-refractivity contribution in [2.75, 3.05) is 25.2 Å². The van der Waals surface area contributed by atoms with Gasteiger partial charge in [0.25, 0.3) is 0 Å². The summed E-state index contributed by atoms with van der Waals surface area (Å²) in [6.07, 6.45) is 0. The molecule has 0 saturated carbocycles. The van der Waals surface area contributed by atoms with Crippen molar-refractivity contribution in [3.8, 4) is 5.75 Å².